The molecule has 1 heterocycles. The van der Waals surface area contributed by atoms with E-state index in [4.69, 9.17) is 0 Å². The fourth-order valence-corrected chi connectivity index (χ4v) is 2.38. The molecule has 0 aliphatic rings. The Morgan fingerprint density at radius 1 is 1.12 bits per heavy atom. The highest BCUT2D eigenvalue weighted by molar-refractivity contribution is 6.12. The number of amides is 1. The third-order valence-corrected chi connectivity index (χ3v) is 3.65. The molecule has 0 bridgehead atoms. The van der Waals surface area contributed by atoms with E-state index in [-0.39, 0.29) is 5.57 Å². The van der Waals surface area contributed by atoms with Crippen molar-refractivity contribution in [2.75, 3.05) is 5.32 Å². The number of benzene rings is 2. The number of hydrogen-bond acceptors (Lipinski definition) is 3. The van der Waals surface area contributed by atoms with Gasteiger partial charge in [0, 0.05) is 11.6 Å². The van der Waals surface area contributed by atoms with Crippen LogP contribution in [0.5, 0.6) is 0 Å². The smallest absolute Gasteiger partial charge is 0.266 e. The average Bonchev–Trinajstić information content (AvgIpc) is 2.61. The molecule has 0 radical (unpaired) electrons. The van der Waals surface area contributed by atoms with Crippen LogP contribution in [0.2, 0.25) is 0 Å². The van der Waals surface area contributed by atoms with Crippen molar-refractivity contribution in [2.24, 2.45) is 0 Å². The van der Waals surface area contributed by atoms with Gasteiger partial charge in [0.2, 0.25) is 0 Å². The van der Waals surface area contributed by atoms with Crippen LogP contribution < -0.4 is 5.32 Å². The third-order valence-electron chi connectivity index (χ3n) is 3.65. The van der Waals surface area contributed by atoms with E-state index in [0.717, 1.165) is 22.0 Å². The third kappa shape index (κ3) is 3.31. The summed E-state index contributed by atoms with van der Waals surface area (Å²) in [6.45, 7) is 1.99. The van der Waals surface area contributed by atoms with E-state index in [2.05, 4.69) is 10.3 Å². The molecule has 0 saturated carbocycles. The lowest BCUT2D eigenvalue weighted by molar-refractivity contribution is -0.112. The van der Waals surface area contributed by atoms with Crippen LogP contribution in [0.25, 0.3) is 17.0 Å². The zero-order chi connectivity index (χ0) is 16.9. The minimum absolute atomic E-state index is 0.0553. The number of nitrogens with one attached hydrogen (secondary N) is 1. The lowest BCUT2D eigenvalue weighted by Crippen LogP contribution is -2.13. The summed E-state index contributed by atoms with van der Waals surface area (Å²) < 4.78 is 0. The summed E-state index contributed by atoms with van der Waals surface area (Å²) in [6.07, 6.45) is 3.28. The largest absolute Gasteiger partial charge is 0.321 e. The standard InChI is InChI=1S/C20H15N3O/c1-14-7-9-15(10-8-14)12-16(13-21)20(24)23-19-6-2-5-18-17(19)4-3-11-22-18/h2-12H,1H3,(H,23,24)/b16-12-. The van der Waals surface area contributed by atoms with Crippen molar-refractivity contribution in [3.8, 4) is 6.07 Å². The molecule has 4 nitrogen and oxygen atoms in total. The SMILES string of the molecule is Cc1ccc(/C=C(/C#N)C(=O)Nc2cccc3ncccc23)cc1. The van der Waals surface area contributed by atoms with E-state index in [1.807, 2.05) is 61.5 Å². The number of carbonyl (C=O) groups is 1. The highest BCUT2D eigenvalue weighted by Gasteiger charge is 2.11. The molecule has 0 atom stereocenters. The van der Waals surface area contributed by atoms with E-state index >= 15 is 0 Å². The van der Waals surface area contributed by atoms with Gasteiger partial charge in [-0.1, -0.05) is 35.9 Å². The fraction of sp³-hybridized carbons (Fsp3) is 0.0500. The second-order valence-corrected chi connectivity index (χ2v) is 5.41. The molecule has 116 valence electrons. The van der Waals surface area contributed by atoms with Crippen molar-refractivity contribution in [1.82, 2.24) is 4.98 Å². The van der Waals surface area contributed by atoms with Gasteiger partial charge in [-0.25, -0.2) is 0 Å². The summed E-state index contributed by atoms with van der Waals surface area (Å²) in [5.41, 5.74) is 3.41. The molecule has 0 aliphatic heterocycles. The Balaban J connectivity index is 1.89. The topological polar surface area (TPSA) is 65.8 Å². The molecule has 1 amide bonds. The second-order valence-electron chi connectivity index (χ2n) is 5.41. The first-order valence-electron chi connectivity index (χ1n) is 7.51. The van der Waals surface area contributed by atoms with Gasteiger partial charge in [0.1, 0.15) is 11.6 Å². The lowest BCUT2D eigenvalue weighted by Gasteiger charge is -2.07. The molecule has 0 fully saturated rings. The molecular formula is C20H15N3O. The maximum atomic E-state index is 12.4. The van der Waals surface area contributed by atoms with Gasteiger partial charge in [0.05, 0.1) is 11.2 Å². The van der Waals surface area contributed by atoms with Gasteiger partial charge in [-0.05, 0) is 42.8 Å². The molecule has 0 saturated heterocycles. The van der Waals surface area contributed by atoms with Crippen LogP contribution in [0.4, 0.5) is 5.69 Å². The average molecular weight is 313 g/mol. The zero-order valence-electron chi connectivity index (χ0n) is 13.2. The molecule has 1 aromatic heterocycles. The molecule has 3 aromatic rings. The summed E-state index contributed by atoms with van der Waals surface area (Å²) in [4.78, 5) is 16.7. The number of anilines is 1. The number of fused-ring (bicyclic) bond motifs is 1. The summed E-state index contributed by atoms with van der Waals surface area (Å²) in [7, 11) is 0. The molecule has 2 aromatic carbocycles. The van der Waals surface area contributed by atoms with Crippen molar-refractivity contribution in [2.45, 2.75) is 6.92 Å². The highest BCUT2D eigenvalue weighted by Crippen LogP contribution is 2.22. The predicted molar refractivity (Wildman–Crippen MR) is 95.1 cm³/mol. The number of rotatable bonds is 3. The second kappa shape index (κ2) is 6.76. The molecule has 3 rings (SSSR count). The number of hydrogen-bond donors (Lipinski definition) is 1. The van der Waals surface area contributed by atoms with Crippen LogP contribution in [0, 0.1) is 18.3 Å². The van der Waals surface area contributed by atoms with Crippen molar-refractivity contribution in [3.05, 3.63) is 77.5 Å². The van der Waals surface area contributed by atoms with Gasteiger partial charge in [-0.3, -0.25) is 9.78 Å². The van der Waals surface area contributed by atoms with E-state index in [0.29, 0.717) is 5.69 Å². The molecule has 0 unspecified atom stereocenters. The van der Waals surface area contributed by atoms with Gasteiger partial charge in [-0.15, -0.1) is 0 Å². The molecular weight excluding hydrogens is 298 g/mol. The Kier molecular flexibility index (Phi) is 4.35. The quantitative estimate of drug-likeness (QED) is 0.585. The van der Waals surface area contributed by atoms with Crippen molar-refractivity contribution in [1.29, 1.82) is 5.26 Å². The van der Waals surface area contributed by atoms with Crippen LogP contribution in [0.3, 0.4) is 0 Å². The lowest BCUT2D eigenvalue weighted by atomic mass is 10.1. The Morgan fingerprint density at radius 2 is 1.92 bits per heavy atom. The fourth-order valence-electron chi connectivity index (χ4n) is 2.38. The van der Waals surface area contributed by atoms with Crippen molar-refractivity contribution < 1.29 is 4.79 Å². The molecule has 4 heteroatoms. The summed E-state index contributed by atoms with van der Waals surface area (Å²) in [5.74, 6) is -0.436. The first-order chi connectivity index (χ1) is 11.7. The summed E-state index contributed by atoms with van der Waals surface area (Å²) >= 11 is 0. The Hall–Kier alpha value is -3.45. The molecule has 0 aliphatic carbocycles. The van der Waals surface area contributed by atoms with E-state index in [1.165, 1.54) is 0 Å². The monoisotopic (exact) mass is 313 g/mol. The minimum Gasteiger partial charge on any atom is -0.321 e. The Labute approximate surface area is 140 Å². The Morgan fingerprint density at radius 3 is 2.67 bits per heavy atom. The number of carbonyl (C=O) groups excluding carboxylic acids is 1. The summed E-state index contributed by atoms with van der Waals surface area (Å²) in [6, 6.07) is 18.8. The van der Waals surface area contributed by atoms with Gasteiger partial charge in [0.15, 0.2) is 0 Å². The van der Waals surface area contributed by atoms with Crippen LogP contribution in [0.15, 0.2) is 66.4 Å². The van der Waals surface area contributed by atoms with E-state index in [9.17, 15) is 10.1 Å². The van der Waals surface area contributed by atoms with Crippen molar-refractivity contribution >= 4 is 28.6 Å². The van der Waals surface area contributed by atoms with E-state index < -0.39 is 5.91 Å². The number of nitrogens with zero attached hydrogens (tertiary/aromatic N) is 2. The predicted octanol–water partition coefficient (Wildman–Crippen LogP) is 4.09. The first kappa shape index (κ1) is 15.4. The van der Waals surface area contributed by atoms with Gasteiger partial charge in [-0.2, -0.15) is 5.26 Å². The number of aromatic nitrogens is 1. The van der Waals surface area contributed by atoms with Gasteiger partial charge >= 0.3 is 0 Å². The maximum Gasteiger partial charge on any atom is 0.266 e. The summed E-state index contributed by atoms with van der Waals surface area (Å²) in [5, 5.41) is 12.9. The zero-order valence-corrected chi connectivity index (χ0v) is 13.2. The molecule has 0 spiro atoms. The van der Waals surface area contributed by atoms with Crippen LogP contribution in [-0.4, -0.2) is 10.9 Å². The molecule has 24 heavy (non-hydrogen) atoms. The first-order valence-corrected chi connectivity index (χ1v) is 7.51. The van der Waals surface area contributed by atoms with Crippen LogP contribution >= 0.6 is 0 Å². The highest BCUT2D eigenvalue weighted by atomic mass is 16.1. The molecule has 1 N–H and O–H groups in total. The van der Waals surface area contributed by atoms with Crippen LogP contribution in [-0.2, 0) is 4.79 Å². The van der Waals surface area contributed by atoms with Gasteiger partial charge < -0.3 is 5.32 Å². The van der Waals surface area contributed by atoms with Crippen LogP contribution in [0.1, 0.15) is 11.1 Å². The number of pyridine rings is 1. The normalized spacial score (nSPS) is 11.1. The maximum absolute atomic E-state index is 12.4. The number of nitriles is 1. The van der Waals surface area contributed by atoms with E-state index in [1.54, 1.807) is 18.3 Å². The van der Waals surface area contributed by atoms with Crippen molar-refractivity contribution in [3.63, 3.8) is 0 Å². The Bertz CT molecular complexity index is 961. The minimum atomic E-state index is -0.436. The number of aryl methyl sites for hydroxylation is 1. The van der Waals surface area contributed by atoms with Gasteiger partial charge in [0.25, 0.3) is 5.91 Å².